The zero-order chi connectivity index (χ0) is 15.6. The van der Waals surface area contributed by atoms with E-state index in [4.69, 9.17) is 0 Å². The molecule has 0 fully saturated rings. The number of benzene rings is 2. The monoisotopic (exact) mass is 286 g/mol. The molecule has 0 heteroatoms. The van der Waals surface area contributed by atoms with Gasteiger partial charge in [-0.3, -0.25) is 0 Å². The molecule has 1 aliphatic rings. The van der Waals surface area contributed by atoms with E-state index >= 15 is 0 Å². The molecule has 22 heavy (non-hydrogen) atoms. The first kappa shape index (κ1) is 14.6. The lowest BCUT2D eigenvalue weighted by molar-refractivity contribution is 0.660. The minimum Gasteiger partial charge on any atom is -0.0991 e. The van der Waals surface area contributed by atoms with Gasteiger partial charge in [-0.2, -0.15) is 0 Å². The molecule has 0 nitrogen and oxygen atoms in total. The van der Waals surface area contributed by atoms with Gasteiger partial charge < -0.3 is 0 Å². The van der Waals surface area contributed by atoms with Crippen molar-refractivity contribution in [1.82, 2.24) is 0 Å². The van der Waals surface area contributed by atoms with Crippen LogP contribution in [0.4, 0.5) is 0 Å². The van der Waals surface area contributed by atoms with Crippen LogP contribution in [0.1, 0.15) is 30.5 Å². The summed E-state index contributed by atoms with van der Waals surface area (Å²) in [4.78, 5) is 0. The maximum absolute atomic E-state index is 3.67. The van der Waals surface area contributed by atoms with Gasteiger partial charge in [0.25, 0.3) is 0 Å². The van der Waals surface area contributed by atoms with Crippen molar-refractivity contribution in [3.8, 4) is 11.1 Å². The summed E-state index contributed by atoms with van der Waals surface area (Å²) in [6.45, 7) is 8.30. The van der Waals surface area contributed by atoms with Crippen molar-refractivity contribution < 1.29 is 0 Å². The Bertz CT molecular complexity index is 757. The molecule has 0 radical (unpaired) electrons. The van der Waals surface area contributed by atoms with Gasteiger partial charge in [0, 0.05) is 5.41 Å². The highest BCUT2D eigenvalue weighted by Gasteiger charge is 2.34. The van der Waals surface area contributed by atoms with E-state index in [2.05, 4.69) is 75.0 Å². The normalized spacial score (nSPS) is 15.2. The molecule has 0 aromatic heterocycles. The van der Waals surface area contributed by atoms with Crippen molar-refractivity contribution in [1.29, 1.82) is 0 Å². The summed E-state index contributed by atoms with van der Waals surface area (Å²) in [7, 11) is 0. The molecule has 0 atom stereocenters. The van der Waals surface area contributed by atoms with Gasteiger partial charge in [0.1, 0.15) is 0 Å². The second-order valence-electron chi connectivity index (χ2n) is 6.30. The van der Waals surface area contributed by atoms with Crippen LogP contribution in [-0.4, -0.2) is 0 Å². The molecular weight excluding hydrogens is 264 g/mol. The topological polar surface area (TPSA) is 0 Å². The molecule has 2 aromatic rings. The molecule has 0 N–H and O–H groups in total. The van der Waals surface area contributed by atoms with Crippen LogP contribution in [0.5, 0.6) is 0 Å². The minimum absolute atomic E-state index is 0.104. The Kier molecular flexibility index (Phi) is 3.85. The Hall–Kier alpha value is -2.34. The summed E-state index contributed by atoms with van der Waals surface area (Å²) >= 11 is 0. The van der Waals surface area contributed by atoms with Crippen LogP contribution in [0.25, 0.3) is 11.1 Å². The zero-order valence-corrected chi connectivity index (χ0v) is 13.3. The maximum atomic E-state index is 3.67. The number of fused-ring (bicyclic) bond motifs is 3. The molecule has 0 heterocycles. The SMILES string of the molecule is C=C/C=C\C=C/Cc1ccc2c(c1)-c1ccccc1C2(C)C. The van der Waals surface area contributed by atoms with E-state index < -0.39 is 0 Å². The highest BCUT2D eigenvalue weighted by Crippen LogP contribution is 2.48. The highest BCUT2D eigenvalue weighted by molar-refractivity contribution is 5.81. The van der Waals surface area contributed by atoms with Crippen LogP contribution in [-0.2, 0) is 11.8 Å². The van der Waals surface area contributed by atoms with E-state index in [1.807, 2.05) is 12.2 Å². The first-order valence-electron chi connectivity index (χ1n) is 7.82. The van der Waals surface area contributed by atoms with Crippen molar-refractivity contribution in [3.05, 3.63) is 96.1 Å². The van der Waals surface area contributed by atoms with Crippen molar-refractivity contribution in [2.45, 2.75) is 25.7 Å². The van der Waals surface area contributed by atoms with Crippen molar-refractivity contribution in [2.24, 2.45) is 0 Å². The number of allylic oxidation sites excluding steroid dienone is 5. The second kappa shape index (κ2) is 5.81. The van der Waals surface area contributed by atoms with Crippen LogP contribution >= 0.6 is 0 Å². The fourth-order valence-corrected chi connectivity index (χ4v) is 3.32. The molecule has 0 bridgehead atoms. The molecule has 0 amide bonds. The Balaban J connectivity index is 1.94. The average Bonchev–Trinajstić information content (AvgIpc) is 2.76. The van der Waals surface area contributed by atoms with E-state index in [1.165, 1.54) is 27.8 Å². The summed E-state index contributed by atoms with van der Waals surface area (Å²) < 4.78 is 0. The lowest BCUT2D eigenvalue weighted by atomic mass is 9.82. The number of rotatable bonds is 4. The minimum atomic E-state index is 0.104. The van der Waals surface area contributed by atoms with Crippen LogP contribution in [0.3, 0.4) is 0 Å². The molecule has 0 saturated heterocycles. The van der Waals surface area contributed by atoms with Crippen LogP contribution in [0.2, 0.25) is 0 Å². The Labute approximate surface area is 133 Å². The molecule has 0 aliphatic heterocycles. The standard InChI is InChI=1S/C22H22/c1-4-5-6-7-8-11-17-14-15-21-19(16-17)18-12-9-10-13-20(18)22(21,2)3/h4-10,12-16H,1,11H2,2-3H3/b6-5-,8-7-. The van der Waals surface area contributed by atoms with Crippen LogP contribution < -0.4 is 0 Å². The van der Waals surface area contributed by atoms with Gasteiger partial charge in [-0.25, -0.2) is 0 Å². The third kappa shape index (κ3) is 2.46. The van der Waals surface area contributed by atoms with Gasteiger partial charge in [0.2, 0.25) is 0 Å². The molecule has 2 aromatic carbocycles. The predicted molar refractivity (Wildman–Crippen MR) is 96.2 cm³/mol. The molecule has 0 unspecified atom stereocenters. The molecule has 1 aliphatic carbocycles. The van der Waals surface area contributed by atoms with Gasteiger partial charge in [0.05, 0.1) is 0 Å². The van der Waals surface area contributed by atoms with Gasteiger partial charge in [-0.1, -0.05) is 93.3 Å². The average molecular weight is 286 g/mol. The van der Waals surface area contributed by atoms with Gasteiger partial charge in [-0.15, -0.1) is 0 Å². The molecule has 3 rings (SSSR count). The van der Waals surface area contributed by atoms with E-state index in [1.54, 1.807) is 6.08 Å². The van der Waals surface area contributed by atoms with Gasteiger partial charge in [0.15, 0.2) is 0 Å². The lowest BCUT2D eigenvalue weighted by Gasteiger charge is -2.21. The predicted octanol–water partition coefficient (Wildman–Crippen LogP) is 5.83. The summed E-state index contributed by atoms with van der Waals surface area (Å²) in [5.41, 5.74) is 7.12. The van der Waals surface area contributed by atoms with Crippen LogP contribution in [0.15, 0.2) is 79.4 Å². The molecule has 110 valence electrons. The first-order valence-corrected chi connectivity index (χ1v) is 7.82. The number of hydrogen-bond acceptors (Lipinski definition) is 0. The smallest absolute Gasteiger partial charge is 0.0158 e. The largest absolute Gasteiger partial charge is 0.0991 e. The maximum Gasteiger partial charge on any atom is 0.0158 e. The molecule has 0 spiro atoms. The van der Waals surface area contributed by atoms with Crippen molar-refractivity contribution in [3.63, 3.8) is 0 Å². The van der Waals surface area contributed by atoms with E-state index in [0.717, 1.165) is 6.42 Å². The molecule has 0 saturated carbocycles. The van der Waals surface area contributed by atoms with Crippen LogP contribution in [0, 0.1) is 0 Å². The van der Waals surface area contributed by atoms with Crippen molar-refractivity contribution in [2.75, 3.05) is 0 Å². The van der Waals surface area contributed by atoms with Gasteiger partial charge in [-0.05, 0) is 34.2 Å². The summed E-state index contributed by atoms with van der Waals surface area (Å²) in [6.07, 6.45) is 11.0. The van der Waals surface area contributed by atoms with Crippen molar-refractivity contribution >= 4 is 0 Å². The summed E-state index contributed by atoms with van der Waals surface area (Å²) in [6, 6.07) is 15.7. The quantitative estimate of drug-likeness (QED) is 0.620. The summed E-state index contributed by atoms with van der Waals surface area (Å²) in [5.74, 6) is 0. The fourth-order valence-electron chi connectivity index (χ4n) is 3.32. The lowest BCUT2D eigenvalue weighted by Crippen LogP contribution is -2.14. The Morgan fingerprint density at radius 3 is 2.50 bits per heavy atom. The first-order chi connectivity index (χ1) is 10.6. The summed E-state index contributed by atoms with van der Waals surface area (Å²) in [5, 5.41) is 0. The van der Waals surface area contributed by atoms with E-state index in [9.17, 15) is 0 Å². The zero-order valence-electron chi connectivity index (χ0n) is 13.3. The highest BCUT2D eigenvalue weighted by atomic mass is 14.4. The van der Waals surface area contributed by atoms with E-state index in [0.29, 0.717) is 0 Å². The fraction of sp³-hybridized carbons (Fsp3) is 0.182. The Morgan fingerprint density at radius 2 is 1.68 bits per heavy atom. The second-order valence-corrected chi connectivity index (χ2v) is 6.30. The van der Waals surface area contributed by atoms with Gasteiger partial charge >= 0.3 is 0 Å². The number of hydrogen-bond donors (Lipinski definition) is 0. The third-order valence-corrected chi connectivity index (χ3v) is 4.50. The molecular formula is C22H22. The third-order valence-electron chi connectivity index (χ3n) is 4.50. The van der Waals surface area contributed by atoms with E-state index in [-0.39, 0.29) is 5.41 Å². The Morgan fingerprint density at radius 1 is 0.909 bits per heavy atom.